The predicted molar refractivity (Wildman–Crippen MR) is 165 cm³/mol. The lowest BCUT2D eigenvalue weighted by Crippen LogP contribution is -2.52. The van der Waals surface area contributed by atoms with Crippen LogP contribution in [-0.4, -0.2) is 44.1 Å². The number of nitrogens with zero attached hydrogens (tertiary/aromatic N) is 1. The zero-order valence-electron chi connectivity index (χ0n) is 24.7. The normalized spacial score (nSPS) is 35.4. The summed E-state index contributed by atoms with van der Waals surface area (Å²) in [6.07, 6.45) is 7.60. The first-order chi connectivity index (χ1) is 19.5. The van der Waals surface area contributed by atoms with Crippen molar-refractivity contribution in [2.75, 3.05) is 24.6 Å². The summed E-state index contributed by atoms with van der Waals surface area (Å²) < 4.78 is 36.0. The van der Waals surface area contributed by atoms with E-state index in [4.69, 9.17) is 16.3 Å². The highest BCUT2D eigenvalue weighted by molar-refractivity contribution is 7.90. The molecule has 0 radical (unpaired) electrons. The monoisotopic (exact) mass is 600 g/mol. The van der Waals surface area contributed by atoms with Gasteiger partial charge in [-0.05, 0) is 118 Å². The molecule has 2 aromatic rings. The van der Waals surface area contributed by atoms with E-state index in [1.165, 1.54) is 11.1 Å². The van der Waals surface area contributed by atoms with Gasteiger partial charge in [-0.3, -0.25) is 0 Å². The van der Waals surface area contributed by atoms with Crippen LogP contribution in [0.5, 0.6) is 5.75 Å². The minimum absolute atomic E-state index is 0.00812. The van der Waals surface area contributed by atoms with Gasteiger partial charge in [0.1, 0.15) is 5.75 Å². The molecule has 0 aromatic heterocycles. The van der Waals surface area contributed by atoms with Crippen molar-refractivity contribution in [2.45, 2.75) is 94.9 Å². The summed E-state index contributed by atoms with van der Waals surface area (Å²) in [7, 11) is -3.49. The smallest absolute Gasteiger partial charge is 0.214 e. The number of ether oxygens (including phenoxy) is 1. The number of aryl methyl sites for hydroxylation is 1. The molecule has 0 saturated heterocycles. The minimum Gasteiger partial charge on any atom is -0.490 e. The van der Waals surface area contributed by atoms with Crippen LogP contribution >= 0.6 is 11.6 Å². The maximum atomic E-state index is 13.2. The zero-order chi connectivity index (χ0) is 29.0. The molecule has 2 aliphatic heterocycles. The van der Waals surface area contributed by atoms with Crippen LogP contribution in [0, 0.1) is 17.8 Å². The van der Waals surface area contributed by atoms with Crippen molar-refractivity contribution in [2.24, 2.45) is 17.8 Å². The van der Waals surface area contributed by atoms with E-state index < -0.39 is 20.9 Å². The van der Waals surface area contributed by atoms with Crippen molar-refractivity contribution in [3.63, 3.8) is 0 Å². The average molecular weight is 601 g/mol. The molecule has 2 aromatic carbocycles. The molecule has 4 aliphatic rings. The van der Waals surface area contributed by atoms with E-state index in [-0.39, 0.29) is 23.8 Å². The standard InChI is InChI=1S/C33H45ClN2O4S/c1-22-6-4-14-32(3,37)28-11-9-26(28)19-36-20-33(15-5-7-25-17-27(34)10-12-29(25)33)21-40-31-13-8-24(16-30(31)36)18-35-41(38,39)23(22)2/h8,10,12-13,16-17,22-23,26,28,35,37H,4-7,9,11,14-15,18-21H2,1-3H3/t22-,23+,26-,28+,32+,33-/m0/s1. The highest BCUT2D eigenvalue weighted by Gasteiger charge is 2.47. The van der Waals surface area contributed by atoms with Gasteiger partial charge in [-0.25, -0.2) is 13.1 Å². The molecule has 8 heteroatoms. The Kier molecular flexibility index (Phi) is 7.88. The van der Waals surface area contributed by atoms with E-state index >= 15 is 0 Å². The number of rotatable bonds is 0. The number of benzene rings is 2. The van der Waals surface area contributed by atoms with Crippen molar-refractivity contribution in [1.82, 2.24) is 4.72 Å². The molecule has 41 heavy (non-hydrogen) atoms. The Balaban J connectivity index is 1.40. The molecule has 2 heterocycles. The number of fused-ring (bicyclic) bond motifs is 4. The lowest BCUT2D eigenvalue weighted by Gasteiger charge is -2.49. The molecule has 224 valence electrons. The first-order valence-electron chi connectivity index (χ1n) is 15.5. The fourth-order valence-corrected chi connectivity index (χ4v) is 9.56. The number of hydrogen-bond acceptors (Lipinski definition) is 5. The summed E-state index contributed by atoms with van der Waals surface area (Å²) in [5, 5.41) is 11.9. The highest BCUT2D eigenvalue weighted by atomic mass is 35.5. The maximum absolute atomic E-state index is 13.2. The van der Waals surface area contributed by atoms with Gasteiger partial charge in [0, 0.05) is 30.1 Å². The third kappa shape index (κ3) is 5.64. The second-order valence-electron chi connectivity index (χ2n) is 13.6. The molecule has 6 rings (SSSR count). The van der Waals surface area contributed by atoms with Crippen molar-refractivity contribution >= 4 is 27.3 Å². The van der Waals surface area contributed by atoms with Crippen molar-refractivity contribution in [1.29, 1.82) is 0 Å². The second kappa shape index (κ2) is 11.0. The van der Waals surface area contributed by atoms with Gasteiger partial charge in [0.05, 0.1) is 23.1 Å². The zero-order valence-corrected chi connectivity index (χ0v) is 26.2. The molecule has 1 saturated carbocycles. The summed E-state index contributed by atoms with van der Waals surface area (Å²) in [5.74, 6) is 1.49. The molecule has 2 N–H and O–H groups in total. The Morgan fingerprint density at radius 2 is 1.90 bits per heavy atom. The summed E-state index contributed by atoms with van der Waals surface area (Å²) >= 11 is 6.41. The van der Waals surface area contributed by atoms with E-state index in [1.807, 2.05) is 32.0 Å². The van der Waals surface area contributed by atoms with Crippen molar-refractivity contribution in [3.8, 4) is 5.75 Å². The number of halogens is 1. The summed E-state index contributed by atoms with van der Waals surface area (Å²) in [4.78, 5) is 2.49. The third-order valence-corrected chi connectivity index (χ3v) is 13.1. The summed E-state index contributed by atoms with van der Waals surface area (Å²) in [5.41, 5.74) is 3.68. The van der Waals surface area contributed by atoms with Crippen molar-refractivity contribution in [3.05, 3.63) is 58.1 Å². The van der Waals surface area contributed by atoms with Gasteiger partial charge < -0.3 is 14.7 Å². The largest absolute Gasteiger partial charge is 0.490 e. The van der Waals surface area contributed by atoms with E-state index in [0.29, 0.717) is 18.9 Å². The van der Waals surface area contributed by atoms with Crippen LogP contribution < -0.4 is 14.4 Å². The fourth-order valence-electron chi connectivity index (χ4n) is 7.98. The highest BCUT2D eigenvalue weighted by Crippen LogP contribution is 2.48. The average Bonchev–Trinajstić information content (AvgIpc) is 3.05. The van der Waals surface area contributed by atoms with Crippen molar-refractivity contribution < 1.29 is 18.3 Å². The fraction of sp³-hybridized carbons (Fsp3) is 0.636. The molecule has 6 nitrogen and oxygen atoms in total. The van der Waals surface area contributed by atoms with Gasteiger partial charge >= 0.3 is 0 Å². The second-order valence-corrected chi connectivity index (χ2v) is 16.2. The molecule has 0 amide bonds. The van der Waals surface area contributed by atoms with Crippen LogP contribution in [-0.2, 0) is 28.4 Å². The van der Waals surface area contributed by atoms with Gasteiger partial charge in [0.25, 0.3) is 0 Å². The van der Waals surface area contributed by atoms with E-state index in [0.717, 1.165) is 80.1 Å². The Morgan fingerprint density at radius 1 is 1.07 bits per heavy atom. The quantitative estimate of drug-likeness (QED) is 0.375. The van der Waals surface area contributed by atoms with Crippen LogP contribution in [0.1, 0.15) is 82.4 Å². The van der Waals surface area contributed by atoms with Crippen LogP contribution in [0.25, 0.3) is 0 Å². The Morgan fingerprint density at radius 3 is 2.68 bits per heavy atom. The Labute approximate surface area is 250 Å². The number of nitrogens with one attached hydrogen (secondary N) is 1. The molecular formula is C33H45ClN2O4S. The van der Waals surface area contributed by atoms with Crippen LogP contribution in [0.2, 0.25) is 5.02 Å². The SMILES string of the molecule is C[C@@H]1[C@@H](C)CCC[C@@](C)(O)[C@@H]2CC[C@H]2CN2C[C@@]3(CCCc4cc(Cl)ccc43)COc3ccc(cc32)CNS1(=O)=O. The topological polar surface area (TPSA) is 78.9 Å². The first kappa shape index (κ1) is 29.3. The first-order valence-corrected chi connectivity index (χ1v) is 17.4. The number of aliphatic hydroxyl groups is 1. The predicted octanol–water partition coefficient (Wildman–Crippen LogP) is 6.22. The maximum Gasteiger partial charge on any atom is 0.214 e. The number of anilines is 1. The van der Waals surface area contributed by atoms with Gasteiger partial charge in [-0.2, -0.15) is 0 Å². The number of sulfonamides is 1. The summed E-state index contributed by atoms with van der Waals surface area (Å²) in [6.45, 7) is 8.34. The van der Waals surface area contributed by atoms with Gasteiger partial charge in [0.2, 0.25) is 10.0 Å². The molecule has 1 fully saturated rings. The molecule has 1 spiro atoms. The third-order valence-electron chi connectivity index (χ3n) is 10.9. The molecule has 0 unspecified atom stereocenters. The summed E-state index contributed by atoms with van der Waals surface area (Å²) in [6, 6.07) is 12.4. The molecule has 2 bridgehead atoms. The Hall–Kier alpha value is -1.80. The van der Waals surface area contributed by atoms with Gasteiger partial charge in [0.15, 0.2) is 0 Å². The van der Waals surface area contributed by atoms with E-state index in [2.05, 4.69) is 27.8 Å². The molecular weight excluding hydrogens is 556 g/mol. The van der Waals surface area contributed by atoms with Crippen LogP contribution in [0.15, 0.2) is 36.4 Å². The molecule has 2 aliphatic carbocycles. The number of hydrogen-bond donors (Lipinski definition) is 2. The Bertz CT molecular complexity index is 1400. The lowest BCUT2D eigenvalue weighted by molar-refractivity contribution is -0.0746. The lowest BCUT2D eigenvalue weighted by atomic mass is 9.63. The van der Waals surface area contributed by atoms with Crippen LogP contribution in [0.4, 0.5) is 5.69 Å². The van der Waals surface area contributed by atoms with Gasteiger partial charge in [-0.1, -0.05) is 37.1 Å². The molecule has 6 atom stereocenters. The van der Waals surface area contributed by atoms with Gasteiger partial charge in [-0.15, -0.1) is 0 Å². The van der Waals surface area contributed by atoms with E-state index in [9.17, 15) is 13.5 Å². The van der Waals surface area contributed by atoms with E-state index in [1.54, 1.807) is 6.92 Å². The van der Waals surface area contributed by atoms with Crippen LogP contribution in [0.3, 0.4) is 0 Å². The minimum atomic E-state index is -3.49.